The summed E-state index contributed by atoms with van der Waals surface area (Å²) in [7, 11) is 0. The molecule has 0 aromatic heterocycles. The maximum absolute atomic E-state index is 12.8. The number of hydrogen-bond donors (Lipinski definition) is 1. The number of rotatable bonds is 8. The number of hydrogen-bond acceptors (Lipinski definition) is 4. The molecular weight excluding hydrogens is 380 g/mol. The van der Waals surface area contributed by atoms with Gasteiger partial charge in [-0.3, -0.25) is 9.59 Å². The normalized spacial score (nSPS) is 13.6. The monoisotopic (exact) mass is 410 g/mol. The lowest BCUT2D eigenvalue weighted by Gasteiger charge is -2.26. The van der Waals surface area contributed by atoms with E-state index < -0.39 is 0 Å². The molecule has 2 aromatic carbocycles. The lowest BCUT2D eigenvalue weighted by atomic mass is 10.1. The Labute approximate surface area is 178 Å². The SMILES string of the molecule is CCOc1cc(C(=O)Nc2ccccc2CC)ccc1OCC(=O)N1CCCCC1. The van der Waals surface area contributed by atoms with Crippen molar-refractivity contribution in [2.24, 2.45) is 0 Å². The van der Waals surface area contributed by atoms with Crippen molar-refractivity contribution in [3.63, 3.8) is 0 Å². The maximum atomic E-state index is 12.8. The van der Waals surface area contributed by atoms with E-state index in [0.717, 1.165) is 43.6 Å². The Hall–Kier alpha value is -3.02. The highest BCUT2D eigenvalue weighted by molar-refractivity contribution is 6.05. The molecule has 2 amide bonds. The largest absolute Gasteiger partial charge is 0.490 e. The van der Waals surface area contributed by atoms with E-state index in [1.807, 2.05) is 36.1 Å². The number of piperidine rings is 1. The van der Waals surface area contributed by atoms with Crippen molar-refractivity contribution < 1.29 is 19.1 Å². The van der Waals surface area contributed by atoms with Crippen molar-refractivity contribution in [3.8, 4) is 11.5 Å². The third-order valence-electron chi connectivity index (χ3n) is 5.21. The highest BCUT2D eigenvalue weighted by Crippen LogP contribution is 2.29. The molecule has 0 saturated carbocycles. The number of aryl methyl sites for hydroxylation is 1. The lowest BCUT2D eigenvalue weighted by Crippen LogP contribution is -2.38. The average Bonchev–Trinajstić information content (AvgIpc) is 2.79. The van der Waals surface area contributed by atoms with Gasteiger partial charge in [-0.1, -0.05) is 25.1 Å². The quantitative estimate of drug-likeness (QED) is 0.705. The van der Waals surface area contributed by atoms with Crippen LogP contribution in [-0.4, -0.2) is 43.0 Å². The molecule has 3 rings (SSSR count). The first kappa shape index (κ1) is 21.7. The molecule has 1 saturated heterocycles. The van der Waals surface area contributed by atoms with Crippen LogP contribution in [0.2, 0.25) is 0 Å². The second-order valence-corrected chi connectivity index (χ2v) is 7.29. The van der Waals surface area contributed by atoms with E-state index in [2.05, 4.69) is 12.2 Å². The zero-order valence-corrected chi connectivity index (χ0v) is 17.8. The highest BCUT2D eigenvalue weighted by Gasteiger charge is 2.18. The number of anilines is 1. The molecule has 1 aliphatic heterocycles. The summed E-state index contributed by atoms with van der Waals surface area (Å²) in [5, 5.41) is 2.96. The molecule has 0 radical (unpaired) electrons. The summed E-state index contributed by atoms with van der Waals surface area (Å²) in [5.74, 6) is 0.691. The molecule has 0 spiro atoms. The smallest absolute Gasteiger partial charge is 0.260 e. The Balaban J connectivity index is 1.69. The van der Waals surface area contributed by atoms with Gasteiger partial charge in [0, 0.05) is 24.3 Å². The number of likely N-dealkylation sites (tertiary alicyclic amines) is 1. The molecule has 1 N–H and O–H groups in total. The van der Waals surface area contributed by atoms with Crippen LogP contribution in [0.25, 0.3) is 0 Å². The fourth-order valence-electron chi connectivity index (χ4n) is 3.56. The standard InChI is InChI=1S/C24H30N2O4/c1-3-18-10-6-7-11-20(18)25-24(28)19-12-13-21(22(16-19)29-4-2)30-17-23(27)26-14-8-5-9-15-26/h6-7,10-13,16H,3-5,8-9,14-15,17H2,1-2H3,(H,25,28). The summed E-state index contributed by atoms with van der Waals surface area (Å²) < 4.78 is 11.4. The number of amides is 2. The highest BCUT2D eigenvalue weighted by atomic mass is 16.5. The van der Waals surface area contributed by atoms with Crippen LogP contribution >= 0.6 is 0 Å². The van der Waals surface area contributed by atoms with Crippen molar-refractivity contribution in [2.45, 2.75) is 39.5 Å². The van der Waals surface area contributed by atoms with Crippen molar-refractivity contribution in [1.82, 2.24) is 4.90 Å². The lowest BCUT2D eigenvalue weighted by molar-refractivity contribution is -0.134. The number of nitrogens with one attached hydrogen (secondary N) is 1. The van der Waals surface area contributed by atoms with Gasteiger partial charge in [0.25, 0.3) is 11.8 Å². The van der Waals surface area contributed by atoms with Gasteiger partial charge in [-0.15, -0.1) is 0 Å². The molecule has 6 heteroatoms. The van der Waals surface area contributed by atoms with Gasteiger partial charge in [-0.2, -0.15) is 0 Å². The van der Waals surface area contributed by atoms with E-state index in [4.69, 9.17) is 9.47 Å². The van der Waals surface area contributed by atoms with Crippen molar-refractivity contribution in [3.05, 3.63) is 53.6 Å². The third-order valence-corrected chi connectivity index (χ3v) is 5.21. The predicted octanol–water partition coefficient (Wildman–Crippen LogP) is 4.29. The summed E-state index contributed by atoms with van der Waals surface area (Å²) in [5.41, 5.74) is 2.35. The number of para-hydroxylation sites is 1. The molecule has 0 atom stereocenters. The minimum absolute atomic E-state index is 0.0184. The van der Waals surface area contributed by atoms with Crippen LogP contribution in [-0.2, 0) is 11.2 Å². The van der Waals surface area contributed by atoms with Gasteiger partial charge in [0.15, 0.2) is 18.1 Å². The molecule has 0 bridgehead atoms. The van der Waals surface area contributed by atoms with Crippen LogP contribution in [0.15, 0.2) is 42.5 Å². The van der Waals surface area contributed by atoms with Gasteiger partial charge in [-0.05, 0) is 62.4 Å². The van der Waals surface area contributed by atoms with Gasteiger partial charge >= 0.3 is 0 Å². The molecule has 0 unspecified atom stereocenters. The van der Waals surface area contributed by atoms with Crippen molar-refractivity contribution in [2.75, 3.05) is 31.6 Å². The Kier molecular flexibility index (Phi) is 7.71. The second-order valence-electron chi connectivity index (χ2n) is 7.29. The first-order valence-corrected chi connectivity index (χ1v) is 10.7. The van der Waals surface area contributed by atoms with E-state index in [9.17, 15) is 9.59 Å². The van der Waals surface area contributed by atoms with Gasteiger partial charge < -0.3 is 19.7 Å². The summed E-state index contributed by atoms with van der Waals surface area (Å²) in [6, 6.07) is 12.8. The summed E-state index contributed by atoms with van der Waals surface area (Å²) in [6.45, 7) is 5.90. The molecule has 1 aliphatic rings. The molecule has 0 aliphatic carbocycles. The number of nitrogens with zero attached hydrogens (tertiary/aromatic N) is 1. The fourth-order valence-corrected chi connectivity index (χ4v) is 3.56. The molecule has 1 fully saturated rings. The summed E-state index contributed by atoms with van der Waals surface area (Å²) in [6.07, 6.45) is 4.09. The minimum atomic E-state index is -0.215. The zero-order valence-electron chi connectivity index (χ0n) is 17.8. The van der Waals surface area contributed by atoms with Gasteiger partial charge in [0.1, 0.15) is 0 Å². The van der Waals surface area contributed by atoms with E-state index in [1.54, 1.807) is 18.2 Å². The Morgan fingerprint density at radius 3 is 2.47 bits per heavy atom. The first-order chi connectivity index (χ1) is 14.6. The van der Waals surface area contributed by atoms with Crippen molar-refractivity contribution >= 4 is 17.5 Å². The zero-order chi connectivity index (χ0) is 21.3. The van der Waals surface area contributed by atoms with Crippen LogP contribution in [0, 0.1) is 0 Å². The maximum Gasteiger partial charge on any atom is 0.260 e. The molecule has 160 valence electrons. The average molecular weight is 411 g/mol. The minimum Gasteiger partial charge on any atom is -0.490 e. The summed E-state index contributed by atoms with van der Waals surface area (Å²) in [4.78, 5) is 27.0. The Morgan fingerprint density at radius 1 is 0.967 bits per heavy atom. The van der Waals surface area contributed by atoms with Crippen LogP contribution in [0.3, 0.4) is 0 Å². The number of ether oxygens (including phenoxy) is 2. The van der Waals surface area contributed by atoms with Crippen molar-refractivity contribution in [1.29, 1.82) is 0 Å². The van der Waals surface area contributed by atoms with E-state index >= 15 is 0 Å². The van der Waals surface area contributed by atoms with E-state index in [1.165, 1.54) is 6.42 Å². The number of benzene rings is 2. The molecule has 30 heavy (non-hydrogen) atoms. The second kappa shape index (κ2) is 10.7. The van der Waals surface area contributed by atoms with Crippen LogP contribution < -0.4 is 14.8 Å². The van der Waals surface area contributed by atoms with Gasteiger partial charge in [-0.25, -0.2) is 0 Å². The predicted molar refractivity (Wildman–Crippen MR) is 117 cm³/mol. The number of carbonyl (C=O) groups is 2. The van der Waals surface area contributed by atoms with Crippen LogP contribution in [0.4, 0.5) is 5.69 Å². The Morgan fingerprint density at radius 2 is 1.73 bits per heavy atom. The molecule has 2 aromatic rings. The number of carbonyl (C=O) groups excluding carboxylic acids is 2. The van der Waals surface area contributed by atoms with Crippen LogP contribution in [0.1, 0.15) is 49.0 Å². The van der Waals surface area contributed by atoms with Gasteiger partial charge in [0.2, 0.25) is 0 Å². The van der Waals surface area contributed by atoms with Crippen LogP contribution in [0.5, 0.6) is 11.5 Å². The van der Waals surface area contributed by atoms with Gasteiger partial charge in [0.05, 0.1) is 6.61 Å². The molecule has 1 heterocycles. The third kappa shape index (κ3) is 5.53. The first-order valence-electron chi connectivity index (χ1n) is 10.7. The Bertz CT molecular complexity index is 875. The summed E-state index contributed by atoms with van der Waals surface area (Å²) >= 11 is 0. The molecular formula is C24H30N2O4. The molecule has 6 nitrogen and oxygen atoms in total. The topological polar surface area (TPSA) is 67.9 Å². The van der Waals surface area contributed by atoms with E-state index in [-0.39, 0.29) is 18.4 Å². The fraction of sp³-hybridized carbons (Fsp3) is 0.417. The van der Waals surface area contributed by atoms with E-state index in [0.29, 0.717) is 23.7 Å².